The van der Waals surface area contributed by atoms with E-state index >= 15 is 0 Å². The lowest BCUT2D eigenvalue weighted by Gasteiger charge is -2.29. The molecule has 0 aliphatic carbocycles. The van der Waals surface area contributed by atoms with E-state index in [0.717, 1.165) is 31.6 Å². The van der Waals surface area contributed by atoms with Crippen LogP contribution in [0.4, 0.5) is 17.1 Å². The SMILES string of the molecule is CCNc1cccc(N2CCCC2CN(C)C)c1[N+](=O)[O-]. The Morgan fingerprint density at radius 1 is 1.48 bits per heavy atom. The highest BCUT2D eigenvalue weighted by atomic mass is 16.6. The molecule has 0 spiro atoms. The van der Waals surface area contributed by atoms with Crippen molar-refractivity contribution in [2.75, 3.05) is 43.9 Å². The summed E-state index contributed by atoms with van der Waals surface area (Å²) in [7, 11) is 4.08. The molecule has 0 amide bonds. The fraction of sp³-hybridized carbons (Fsp3) is 0.600. The Bertz CT molecular complexity index is 504. The predicted octanol–water partition coefficient (Wildman–Crippen LogP) is 2.56. The summed E-state index contributed by atoms with van der Waals surface area (Å²) in [6.45, 7) is 4.42. The van der Waals surface area contributed by atoms with E-state index in [9.17, 15) is 10.1 Å². The fourth-order valence-electron chi connectivity index (χ4n) is 3.05. The van der Waals surface area contributed by atoms with E-state index in [2.05, 4.69) is 15.1 Å². The van der Waals surface area contributed by atoms with Gasteiger partial charge in [-0.3, -0.25) is 10.1 Å². The number of hydrogen-bond donors (Lipinski definition) is 1. The summed E-state index contributed by atoms with van der Waals surface area (Å²) in [6.07, 6.45) is 2.17. The molecule has 2 rings (SSSR count). The van der Waals surface area contributed by atoms with Gasteiger partial charge in [-0.15, -0.1) is 0 Å². The minimum absolute atomic E-state index is 0.199. The molecular weight excluding hydrogens is 268 g/mol. The molecular formula is C15H24N4O2. The predicted molar refractivity (Wildman–Crippen MR) is 86.2 cm³/mol. The lowest BCUT2D eigenvalue weighted by atomic mass is 10.1. The highest BCUT2D eigenvalue weighted by Gasteiger charge is 2.31. The lowest BCUT2D eigenvalue weighted by molar-refractivity contribution is -0.383. The van der Waals surface area contributed by atoms with Crippen LogP contribution in [0, 0.1) is 10.1 Å². The number of hydrogen-bond acceptors (Lipinski definition) is 5. The Morgan fingerprint density at radius 2 is 2.24 bits per heavy atom. The van der Waals surface area contributed by atoms with Crippen molar-refractivity contribution in [1.29, 1.82) is 0 Å². The molecule has 0 saturated carbocycles. The molecule has 1 saturated heterocycles. The summed E-state index contributed by atoms with van der Waals surface area (Å²) in [5.41, 5.74) is 1.54. The van der Waals surface area contributed by atoms with Crippen LogP contribution < -0.4 is 10.2 Å². The third-order valence-electron chi connectivity index (χ3n) is 3.83. The molecule has 1 atom stereocenters. The van der Waals surface area contributed by atoms with Gasteiger partial charge in [0, 0.05) is 25.7 Å². The molecule has 0 bridgehead atoms. The molecule has 0 aromatic heterocycles. The zero-order valence-electron chi connectivity index (χ0n) is 13.0. The molecule has 1 fully saturated rings. The first-order valence-corrected chi connectivity index (χ1v) is 7.47. The number of rotatable bonds is 6. The monoisotopic (exact) mass is 292 g/mol. The van der Waals surface area contributed by atoms with Gasteiger partial charge in [-0.25, -0.2) is 0 Å². The highest BCUT2D eigenvalue weighted by Crippen LogP contribution is 2.38. The van der Waals surface area contributed by atoms with Crippen LogP contribution in [-0.2, 0) is 0 Å². The molecule has 6 nitrogen and oxygen atoms in total. The van der Waals surface area contributed by atoms with E-state index in [1.807, 2.05) is 33.2 Å². The maximum atomic E-state index is 11.5. The van der Waals surface area contributed by atoms with Crippen LogP contribution in [0.5, 0.6) is 0 Å². The Kier molecular flexibility index (Phi) is 5.01. The quantitative estimate of drug-likeness (QED) is 0.645. The van der Waals surface area contributed by atoms with Crippen LogP contribution in [0.3, 0.4) is 0 Å². The smallest absolute Gasteiger partial charge is 0.315 e. The van der Waals surface area contributed by atoms with Crippen molar-refractivity contribution in [2.24, 2.45) is 0 Å². The molecule has 1 unspecified atom stereocenters. The van der Waals surface area contributed by atoms with E-state index in [1.165, 1.54) is 0 Å². The van der Waals surface area contributed by atoms with Gasteiger partial charge >= 0.3 is 5.69 Å². The maximum Gasteiger partial charge on any atom is 0.315 e. The first kappa shape index (κ1) is 15.6. The average Bonchev–Trinajstić information content (AvgIpc) is 2.85. The molecule has 116 valence electrons. The Morgan fingerprint density at radius 3 is 2.86 bits per heavy atom. The van der Waals surface area contributed by atoms with Gasteiger partial charge in [-0.05, 0) is 46.0 Å². The maximum absolute atomic E-state index is 11.5. The van der Waals surface area contributed by atoms with Gasteiger partial charge in [0.2, 0.25) is 0 Å². The van der Waals surface area contributed by atoms with E-state index in [4.69, 9.17) is 0 Å². The number of benzene rings is 1. The second-order valence-corrected chi connectivity index (χ2v) is 5.71. The van der Waals surface area contributed by atoms with Gasteiger partial charge in [-0.1, -0.05) is 6.07 Å². The average molecular weight is 292 g/mol. The van der Waals surface area contributed by atoms with E-state index in [-0.39, 0.29) is 10.6 Å². The largest absolute Gasteiger partial charge is 0.380 e. The van der Waals surface area contributed by atoms with Crippen LogP contribution in [0.25, 0.3) is 0 Å². The minimum Gasteiger partial charge on any atom is -0.380 e. The van der Waals surface area contributed by atoms with Gasteiger partial charge < -0.3 is 15.1 Å². The molecule has 6 heteroatoms. The van der Waals surface area contributed by atoms with Crippen molar-refractivity contribution < 1.29 is 4.92 Å². The fourth-order valence-corrected chi connectivity index (χ4v) is 3.05. The Hall–Kier alpha value is -1.82. The number of anilines is 2. The summed E-state index contributed by atoms with van der Waals surface area (Å²) in [4.78, 5) is 15.6. The van der Waals surface area contributed by atoms with Crippen molar-refractivity contribution in [3.05, 3.63) is 28.3 Å². The lowest BCUT2D eigenvalue weighted by Crippen LogP contribution is -2.37. The van der Waals surface area contributed by atoms with Crippen LogP contribution in [-0.4, -0.2) is 49.6 Å². The number of nitro groups is 1. The topological polar surface area (TPSA) is 61.6 Å². The second kappa shape index (κ2) is 6.76. The van der Waals surface area contributed by atoms with E-state index in [0.29, 0.717) is 18.3 Å². The van der Waals surface area contributed by atoms with E-state index < -0.39 is 0 Å². The molecule has 1 aromatic carbocycles. The van der Waals surface area contributed by atoms with Gasteiger partial charge in [0.1, 0.15) is 11.4 Å². The Labute approximate surface area is 125 Å². The number of nitrogens with one attached hydrogen (secondary N) is 1. The van der Waals surface area contributed by atoms with Crippen molar-refractivity contribution in [1.82, 2.24) is 4.90 Å². The molecule has 1 aromatic rings. The van der Waals surface area contributed by atoms with Crippen LogP contribution >= 0.6 is 0 Å². The van der Waals surface area contributed by atoms with Crippen LogP contribution in [0.15, 0.2) is 18.2 Å². The first-order valence-electron chi connectivity index (χ1n) is 7.47. The third-order valence-corrected chi connectivity index (χ3v) is 3.83. The molecule has 21 heavy (non-hydrogen) atoms. The molecule has 1 N–H and O–H groups in total. The van der Waals surface area contributed by atoms with Gasteiger partial charge in [0.05, 0.1) is 4.92 Å². The zero-order chi connectivity index (χ0) is 15.4. The molecule has 1 heterocycles. The molecule has 1 aliphatic rings. The van der Waals surface area contributed by atoms with Crippen molar-refractivity contribution in [3.8, 4) is 0 Å². The highest BCUT2D eigenvalue weighted by molar-refractivity contribution is 5.77. The normalized spacial score (nSPS) is 18.3. The Balaban J connectivity index is 2.38. The van der Waals surface area contributed by atoms with Crippen LogP contribution in [0.2, 0.25) is 0 Å². The van der Waals surface area contributed by atoms with Gasteiger partial charge in [0.15, 0.2) is 0 Å². The summed E-state index contributed by atoms with van der Waals surface area (Å²) >= 11 is 0. The van der Waals surface area contributed by atoms with E-state index in [1.54, 1.807) is 6.07 Å². The summed E-state index contributed by atoms with van der Waals surface area (Å²) < 4.78 is 0. The minimum atomic E-state index is -0.266. The number of nitro benzene ring substituents is 1. The van der Waals surface area contributed by atoms with Crippen molar-refractivity contribution >= 4 is 17.1 Å². The van der Waals surface area contributed by atoms with Gasteiger partial charge in [0.25, 0.3) is 0 Å². The summed E-state index contributed by atoms with van der Waals surface area (Å²) in [5.74, 6) is 0. The third kappa shape index (κ3) is 3.44. The molecule has 1 aliphatic heterocycles. The zero-order valence-corrected chi connectivity index (χ0v) is 13.0. The van der Waals surface area contributed by atoms with Crippen molar-refractivity contribution in [2.45, 2.75) is 25.8 Å². The van der Waals surface area contributed by atoms with Crippen molar-refractivity contribution in [3.63, 3.8) is 0 Å². The summed E-state index contributed by atoms with van der Waals surface area (Å²) in [6, 6.07) is 5.89. The standard InChI is InChI=1S/C15H24N4O2/c1-4-16-13-8-5-9-14(15(13)19(20)21)18-10-6-7-12(18)11-17(2)3/h5,8-9,12,16H,4,6-7,10-11H2,1-3H3. The number of nitrogens with zero attached hydrogens (tertiary/aromatic N) is 3. The second-order valence-electron chi connectivity index (χ2n) is 5.71. The summed E-state index contributed by atoms with van der Waals surface area (Å²) in [5, 5.41) is 14.6. The first-order chi connectivity index (χ1) is 10.0. The van der Waals surface area contributed by atoms with Gasteiger partial charge in [-0.2, -0.15) is 0 Å². The number of para-hydroxylation sites is 1. The number of likely N-dealkylation sites (N-methyl/N-ethyl adjacent to an activating group) is 1. The van der Waals surface area contributed by atoms with Crippen LogP contribution in [0.1, 0.15) is 19.8 Å². The molecule has 0 radical (unpaired) electrons.